The predicted molar refractivity (Wildman–Crippen MR) is 66.2 cm³/mol. The van der Waals surface area contributed by atoms with Crippen LogP contribution in [0.1, 0.15) is 25.7 Å². The van der Waals surface area contributed by atoms with E-state index in [9.17, 15) is 14.4 Å². The summed E-state index contributed by atoms with van der Waals surface area (Å²) in [6.45, 7) is 0.714. The van der Waals surface area contributed by atoms with Gasteiger partial charge in [0.2, 0.25) is 5.91 Å². The summed E-state index contributed by atoms with van der Waals surface area (Å²) in [4.78, 5) is 35.5. The Morgan fingerprint density at radius 1 is 1.32 bits per heavy atom. The second-order valence-electron chi connectivity index (χ2n) is 5.35. The van der Waals surface area contributed by atoms with Crippen molar-refractivity contribution in [2.75, 3.05) is 13.1 Å². The van der Waals surface area contributed by atoms with Crippen molar-refractivity contribution in [2.24, 2.45) is 17.6 Å². The number of carboxylic acids is 1. The van der Waals surface area contributed by atoms with E-state index in [4.69, 9.17) is 10.8 Å². The zero-order valence-corrected chi connectivity index (χ0v) is 10.7. The van der Waals surface area contributed by atoms with E-state index in [1.54, 1.807) is 0 Å². The molecule has 2 fully saturated rings. The number of primary amides is 1. The van der Waals surface area contributed by atoms with Crippen LogP contribution in [0.15, 0.2) is 0 Å². The number of nitrogens with zero attached hydrogens (tertiary/aromatic N) is 1. The molecule has 2 aliphatic rings. The van der Waals surface area contributed by atoms with Gasteiger partial charge in [-0.05, 0) is 18.8 Å². The summed E-state index contributed by atoms with van der Waals surface area (Å²) < 4.78 is 0. The Morgan fingerprint density at radius 2 is 2.00 bits per heavy atom. The van der Waals surface area contributed by atoms with Crippen molar-refractivity contribution in [1.82, 2.24) is 10.2 Å². The van der Waals surface area contributed by atoms with Crippen LogP contribution in [0.3, 0.4) is 0 Å². The fraction of sp³-hybridized carbons (Fsp3) is 0.750. The van der Waals surface area contributed by atoms with Crippen molar-refractivity contribution in [3.63, 3.8) is 0 Å². The average molecular weight is 269 g/mol. The first-order valence-corrected chi connectivity index (χ1v) is 6.55. The van der Waals surface area contributed by atoms with Crippen LogP contribution >= 0.6 is 0 Å². The molecule has 7 heteroatoms. The number of nitrogens with two attached hydrogens (primary N) is 1. The Bertz CT molecular complexity index is 394. The van der Waals surface area contributed by atoms with E-state index in [-0.39, 0.29) is 12.5 Å². The van der Waals surface area contributed by atoms with E-state index in [1.165, 1.54) is 4.90 Å². The molecule has 0 radical (unpaired) electrons. The summed E-state index contributed by atoms with van der Waals surface area (Å²) in [5.74, 6) is -1.33. The fourth-order valence-corrected chi connectivity index (χ4v) is 2.33. The summed E-state index contributed by atoms with van der Waals surface area (Å²) >= 11 is 0. The minimum atomic E-state index is -1.01. The highest BCUT2D eigenvalue weighted by Gasteiger charge is 2.34. The number of hydrogen-bond acceptors (Lipinski definition) is 3. The molecule has 106 valence electrons. The lowest BCUT2D eigenvalue weighted by atomic mass is 10.1. The molecule has 1 saturated carbocycles. The second kappa shape index (κ2) is 5.46. The Labute approximate surface area is 111 Å². The van der Waals surface area contributed by atoms with Crippen LogP contribution in [-0.2, 0) is 9.59 Å². The zero-order valence-electron chi connectivity index (χ0n) is 10.7. The molecule has 2 rings (SSSR count). The van der Waals surface area contributed by atoms with Gasteiger partial charge in [-0.25, -0.2) is 9.59 Å². The Kier molecular flexibility index (Phi) is 3.92. The zero-order chi connectivity index (χ0) is 14.0. The van der Waals surface area contributed by atoms with Crippen molar-refractivity contribution in [1.29, 1.82) is 0 Å². The summed E-state index contributed by atoms with van der Waals surface area (Å²) in [5.41, 5.74) is 5.19. The van der Waals surface area contributed by atoms with Gasteiger partial charge in [-0.2, -0.15) is 0 Å². The number of carboxylic acid groups (broad SMARTS) is 1. The standard InChI is InChI=1S/C12H19N3O4/c13-10(16)8-3-4-15(6-8)12(19)14-9(11(17)18)5-7-1-2-7/h7-9H,1-6H2,(H2,13,16)(H,14,19)(H,17,18). The molecule has 0 bridgehead atoms. The van der Waals surface area contributed by atoms with Crippen LogP contribution in [0.5, 0.6) is 0 Å². The van der Waals surface area contributed by atoms with Crippen LogP contribution < -0.4 is 11.1 Å². The number of hydrogen-bond donors (Lipinski definition) is 3. The number of aliphatic carboxylic acids is 1. The van der Waals surface area contributed by atoms with E-state index in [1.807, 2.05) is 0 Å². The molecule has 2 unspecified atom stereocenters. The lowest BCUT2D eigenvalue weighted by Crippen LogP contribution is -2.47. The predicted octanol–water partition coefficient (Wildman–Crippen LogP) is -0.243. The topological polar surface area (TPSA) is 113 Å². The van der Waals surface area contributed by atoms with Gasteiger partial charge in [-0.1, -0.05) is 12.8 Å². The number of carbonyl (C=O) groups excluding carboxylic acids is 2. The maximum Gasteiger partial charge on any atom is 0.326 e. The molecule has 0 aromatic heterocycles. The van der Waals surface area contributed by atoms with Gasteiger partial charge in [0.1, 0.15) is 6.04 Å². The Balaban J connectivity index is 1.85. The van der Waals surface area contributed by atoms with Crippen molar-refractivity contribution < 1.29 is 19.5 Å². The number of likely N-dealkylation sites (tertiary alicyclic amines) is 1. The van der Waals surface area contributed by atoms with Gasteiger partial charge in [-0.3, -0.25) is 4.79 Å². The molecule has 19 heavy (non-hydrogen) atoms. The van der Waals surface area contributed by atoms with Crippen LogP contribution in [0.25, 0.3) is 0 Å². The third kappa shape index (κ3) is 3.59. The van der Waals surface area contributed by atoms with Crippen molar-refractivity contribution in [3.05, 3.63) is 0 Å². The molecule has 1 aliphatic heterocycles. The van der Waals surface area contributed by atoms with Gasteiger partial charge in [-0.15, -0.1) is 0 Å². The lowest BCUT2D eigenvalue weighted by Gasteiger charge is -2.20. The van der Waals surface area contributed by atoms with Gasteiger partial charge in [0, 0.05) is 13.1 Å². The summed E-state index contributed by atoms with van der Waals surface area (Å²) in [5, 5.41) is 11.6. The van der Waals surface area contributed by atoms with Crippen molar-refractivity contribution in [2.45, 2.75) is 31.7 Å². The van der Waals surface area contributed by atoms with Gasteiger partial charge >= 0.3 is 12.0 Å². The molecule has 2 atom stereocenters. The highest BCUT2D eigenvalue weighted by molar-refractivity contribution is 5.84. The fourth-order valence-electron chi connectivity index (χ4n) is 2.33. The maximum absolute atomic E-state index is 11.9. The molecule has 0 spiro atoms. The molecular formula is C12H19N3O4. The molecule has 3 amide bonds. The van der Waals surface area contributed by atoms with E-state index >= 15 is 0 Å². The number of amides is 3. The van der Waals surface area contributed by atoms with Gasteiger partial charge in [0.25, 0.3) is 0 Å². The summed E-state index contributed by atoms with van der Waals surface area (Å²) in [6.07, 6.45) is 3.09. The van der Waals surface area contributed by atoms with Crippen molar-refractivity contribution >= 4 is 17.9 Å². The highest BCUT2D eigenvalue weighted by atomic mass is 16.4. The third-order valence-corrected chi connectivity index (χ3v) is 3.74. The Morgan fingerprint density at radius 3 is 2.47 bits per heavy atom. The van der Waals surface area contributed by atoms with Crippen LogP contribution in [0, 0.1) is 11.8 Å². The number of nitrogens with one attached hydrogen (secondary N) is 1. The third-order valence-electron chi connectivity index (χ3n) is 3.74. The SMILES string of the molecule is NC(=O)C1CCN(C(=O)NC(CC2CC2)C(=O)O)C1. The van der Waals surface area contributed by atoms with Gasteiger partial charge in [0.15, 0.2) is 0 Å². The minimum Gasteiger partial charge on any atom is -0.480 e. The molecular weight excluding hydrogens is 250 g/mol. The second-order valence-corrected chi connectivity index (χ2v) is 5.35. The quantitative estimate of drug-likeness (QED) is 0.639. The minimum absolute atomic E-state index is 0.275. The molecule has 1 saturated heterocycles. The van der Waals surface area contributed by atoms with Gasteiger partial charge in [0.05, 0.1) is 5.92 Å². The van der Waals surface area contributed by atoms with Crippen LogP contribution in [0.2, 0.25) is 0 Å². The highest BCUT2D eigenvalue weighted by Crippen LogP contribution is 2.33. The average Bonchev–Trinajstić information content (AvgIpc) is 3.01. The van der Waals surface area contributed by atoms with Crippen LogP contribution in [0.4, 0.5) is 4.79 Å². The molecule has 1 aliphatic carbocycles. The van der Waals surface area contributed by atoms with E-state index in [0.717, 1.165) is 12.8 Å². The Hall–Kier alpha value is -1.79. The first-order valence-electron chi connectivity index (χ1n) is 6.55. The lowest BCUT2D eigenvalue weighted by molar-refractivity contribution is -0.139. The molecule has 1 heterocycles. The largest absolute Gasteiger partial charge is 0.480 e. The normalized spacial score (nSPS) is 24.0. The van der Waals surface area contributed by atoms with E-state index in [2.05, 4.69) is 5.32 Å². The van der Waals surface area contributed by atoms with E-state index in [0.29, 0.717) is 25.3 Å². The molecule has 0 aromatic carbocycles. The molecule has 4 N–H and O–H groups in total. The number of rotatable bonds is 5. The number of urea groups is 1. The van der Waals surface area contributed by atoms with E-state index < -0.39 is 23.9 Å². The summed E-state index contributed by atoms with van der Waals surface area (Å²) in [6, 6.07) is -1.26. The maximum atomic E-state index is 11.9. The molecule has 0 aromatic rings. The van der Waals surface area contributed by atoms with Crippen LogP contribution in [-0.4, -0.2) is 47.0 Å². The van der Waals surface area contributed by atoms with Gasteiger partial charge < -0.3 is 21.1 Å². The first kappa shape index (κ1) is 13.6. The summed E-state index contributed by atoms with van der Waals surface area (Å²) in [7, 11) is 0. The smallest absolute Gasteiger partial charge is 0.326 e. The first-order chi connectivity index (χ1) is 8.97. The number of carbonyl (C=O) groups is 3. The van der Waals surface area contributed by atoms with Crippen molar-refractivity contribution in [3.8, 4) is 0 Å². The molecule has 7 nitrogen and oxygen atoms in total. The monoisotopic (exact) mass is 269 g/mol.